The third-order valence-electron chi connectivity index (χ3n) is 6.77. The normalized spacial score (nSPS) is 17.9. The van der Waals surface area contributed by atoms with Crippen LogP contribution in [0.15, 0.2) is 33.7 Å². The van der Waals surface area contributed by atoms with Gasteiger partial charge in [-0.15, -0.1) is 36.6 Å². The molecule has 1 aliphatic heterocycles. The average Bonchev–Trinajstić information content (AvgIpc) is 3.28. The van der Waals surface area contributed by atoms with E-state index in [1.165, 1.54) is 0 Å². The van der Waals surface area contributed by atoms with Crippen molar-refractivity contribution in [2.75, 3.05) is 33.0 Å². The van der Waals surface area contributed by atoms with Gasteiger partial charge in [0.25, 0.3) is 0 Å². The summed E-state index contributed by atoms with van der Waals surface area (Å²) in [5, 5.41) is 0. The third kappa shape index (κ3) is 5.28. The highest BCUT2D eigenvalue weighted by Crippen LogP contribution is 2.42. The Morgan fingerprint density at radius 2 is 1.86 bits per heavy atom. The number of nitrogens with zero attached hydrogens (tertiary/aromatic N) is 3. The number of Topliss-reactive ketones (excluding diaryl/α,β-unsaturated/α-hetero) is 2. The summed E-state index contributed by atoms with van der Waals surface area (Å²) >= 11 is 1.63. The Bertz CT molecular complexity index is 1200. The van der Waals surface area contributed by atoms with Crippen molar-refractivity contribution in [3.63, 3.8) is 0 Å². The highest BCUT2D eigenvalue weighted by Gasteiger charge is 2.45. The number of aromatic nitrogens is 2. The van der Waals surface area contributed by atoms with Crippen molar-refractivity contribution in [3.05, 3.63) is 35.2 Å². The van der Waals surface area contributed by atoms with Crippen LogP contribution in [0.4, 0.5) is 0 Å². The number of H-pyrrole nitrogens is 1. The van der Waals surface area contributed by atoms with Crippen molar-refractivity contribution < 1.29 is 14.3 Å². The Hall–Kier alpha value is -2.13. The van der Waals surface area contributed by atoms with E-state index in [-0.39, 0.29) is 36.4 Å². The number of fused-ring (bicyclic) bond motifs is 2. The van der Waals surface area contributed by atoms with E-state index in [1.54, 1.807) is 38.9 Å². The molecule has 0 amide bonds. The number of ketones is 2. The number of aromatic amines is 1. The number of carbonyl (C=O) groups excluding carboxylic acids is 2. The van der Waals surface area contributed by atoms with Gasteiger partial charge < -0.3 is 14.6 Å². The van der Waals surface area contributed by atoms with Crippen LogP contribution in [0, 0.1) is 5.92 Å². The molecule has 4 rings (SSSR count). The number of rotatable bonds is 8. The molecule has 1 N–H and O–H groups in total. The Morgan fingerprint density at radius 3 is 2.47 bits per heavy atom. The number of thioether (sulfide) groups is 1. The van der Waals surface area contributed by atoms with E-state index in [4.69, 9.17) is 9.72 Å². The molecule has 2 aliphatic rings. The van der Waals surface area contributed by atoms with Gasteiger partial charge in [-0.25, -0.2) is 4.98 Å². The Balaban J connectivity index is 0.00000228. The van der Waals surface area contributed by atoms with Gasteiger partial charge in [0.15, 0.2) is 11.6 Å². The molecule has 1 atom stereocenters. The van der Waals surface area contributed by atoms with E-state index in [2.05, 4.69) is 28.7 Å². The lowest BCUT2D eigenvalue weighted by molar-refractivity contribution is -0.119. The minimum absolute atomic E-state index is 0. The van der Waals surface area contributed by atoms with Gasteiger partial charge in [-0.1, -0.05) is 13.8 Å². The molecule has 0 saturated carbocycles. The van der Waals surface area contributed by atoms with Gasteiger partial charge in [0.2, 0.25) is 0 Å². The topological polar surface area (TPSA) is 87.6 Å². The van der Waals surface area contributed by atoms with Crippen LogP contribution in [0.5, 0.6) is 5.75 Å². The van der Waals surface area contributed by atoms with Gasteiger partial charge in [0, 0.05) is 22.3 Å². The summed E-state index contributed by atoms with van der Waals surface area (Å²) in [5.74, 6) is 0.520. The van der Waals surface area contributed by atoms with Crippen molar-refractivity contribution in [1.82, 2.24) is 14.9 Å². The molecule has 7 nitrogen and oxygen atoms in total. The number of imidazole rings is 1. The summed E-state index contributed by atoms with van der Waals surface area (Å²) in [6, 6.07) is 5.89. The summed E-state index contributed by atoms with van der Waals surface area (Å²) in [6.45, 7) is 10.3. The number of hydrogen-bond acceptors (Lipinski definition) is 7. The van der Waals surface area contributed by atoms with Crippen LogP contribution in [0.1, 0.15) is 50.3 Å². The van der Waals surface area contributed by atoms with Crippen molar-refractivity contribution >= 4 is 59.9 Å². The molecular formula is C26H34Cl2N4O3S. The second-order valence-corrected chi connectivity index (χ2v) is 9.96. The molecule has 196 valence electrons. The third-order valence-corrected chi connectivity index (χ3v) is 7.49. The highest BCUT2D eigenvalue weighted by molar-refractivity contribution is 7.98. The number of dihydropyridines is 1. The number of aliphatic imine (C=N–C) groups is 1. The number of carbonyl (C=O) groups is 2. The number of nitrogens with one attached hydrogen (secondary N) is 1. The van der Waals surface area contributed by atoms with Gasteiger partial charge in [-0.3, -0.25) is 14.6 Å². The molecule has 1 aromatic heterocycles. The number of halogens is 2. The summed E-state index contributed by atoms with van der Waals surface area (Å²) in [5.41, 5.74) is 2.02. The number of methoxy groups -OCH3 is 1. The summed E-state index contributed by atoms with van der Waals surface area (Å²) in [4.78, 5) is 43.1. The average molecular weight is 554 g/mol. The van der Waals surface area contributed by atoms with E-state index in [1.807, 2.05) is 24.5 Å². The Kier molecular flexibility index (Phi) is 9.99. The molecule has 0 radical (unpaired) electrons. The summed E-state index contributed by atoms with van der Waals surface area (Å²) < 4.78 is 5.61. The fraction of sp³-hybridized carbons (Fsp3) is 0.462. The first-order valence-electron chi connectivity index (χ1n) is 11.7. The van der Waals surface area contributed by atoms with Crippen LogP contribution >= 0.6 is 36.6 Å². The first kappa shape index (κ1) is 30.1. The lowest BCUT2D eigenvalue weighted by Crippen LogP contribution is -2.41. The number of hydrogen-bond donors (Lipinski definition) is 1. The molecule has 36 heavy (non-hydrogen) atoms. The van der Waals surface area contributed by atoms with Crippen LogP contribution < -0.4 is 4.74 Å². The van der Waals surface area contributed by atoms with Crippen molar-refractivity contribution in [3.8, 4) is 17.1 Å². The Morgan fingerprint density at radius 1 is 1.17 bits per heavy atom. The van der Waals surface area contributed by atoms with Gasteiger partial charge in [0.1, 0.15) is 28.5 Å². The molecule has 1 aromatic carbocycles. The van der Waals surface area contributed by atoms with Crippen LogP contribution in [0.25, 0.3) is 17.0 Å². The van der Waals surface area contributed by atoms with Crippen LogP contribution in [-0.4, -0.2) is 71.2 Å². The maximum atomic E-state index is 13.8. The van der Waals surface area contributed by atoms with Crippen molar-refractivity contribution in [1.29, 1.82) is 0 Å². The predicted molar refractivity (Wildman–Crippen MR) is 152 cm³/mol. The molecule has 10 heteroatoms. The standard InChI is InChI=1S/C26H32N4O3S.2ClH/c1-7-30(8-2)12-11-17-20-18(14-27-26(3,4)24(20)32)21-22(23(17)31)29-25(28-21)16-10-9-15(34-6)13-19(16)33-5;;/h9-10,13-14,17H,7-8,11-12H2,1-6H3,(H,28,29);2*1H. The van der Waals surface area contributed by atoms with Gasteiger partial charge in [0.05, 0.1) is 18.6 Å². The maximum Gasteiger partial charge on any atom is 0.188 e. The minimum atomic E-state index is -0.889. The van der Waals surface area contributed by atoms with E-state index in [0.717, 1.165) is 30.1 Å². The van der Waals surface area contributed by atoms with Crippen molar-refractivity contribution in [2.24, 2.45) is 10.9 Å². The molecule has 0 bridgehead atoms. The largest absolute Gasteiger partial charge is 0.496 e. The van der Waals surface area contributed by atoms with Crippen molar-refractivity contribution in [2.45, 2.75) is 44.6 Å². The number of ether oxygens (including phenoxy) is 1. The monoisotopic (exact) mass is 552 g/mol. The lowest BCUT2D eigenvalue weighted by atomic mass is 9.73. The quantitative estimate of drug-likeness (QED) is 0.442. The Labute approximate surface area is 229 Å². The van der Waals surface area contributed by atoms with E-state index >= 15 is 0 Å². The zero-order chi connectivity index (χ0) is 24.6. The highest BCUT2D eigenvalue weighted by atomic mass is 35.5. The smallest absolute Gasteiger partial charge is 0.188 e. The van der Waals surface area contributed by atoms with Crippen LogP contribution in [-0.2, 0) is 4.79 Å². The molecule has 0 spiro atoms. The first-order valence-corrected chi connectivity index (χ1v) is 12.9. The minimum Gasteiger partial charge on any atom is -0.496 e. The molecule has 2 heterocycles. The molecule has 0 saturated heterocycles. The molecule has 1 unspecified atom stereocenters. The first-order chi connectivity index (χ1) is 16.2. The van der Waals surface area contributed by atoms with E-state index in [9.17, 15) is 9.59 Å². The van der Waals surface area contributed by atoms with E-state index in [0.29, 0.717) is 40.5 Å². The molecule has 2 aromatic rings. The van der Waals surface area contributed by atoms with Gasteiger partial charge in [-0.2, -0.15) is 0 Å². The summed E-state index contributed by atoms with van der Waals surface area (Å²) in [6.07, 6.45) is 4.31. The SMILES string of the molecule is CCN(CC)CCC1C(=O)c2[nH]c(-c3ccc(SC)cc3OC)nc2C2=C1C(=O)C(C)(C)N=C2.Cl.Cl. The lowest BCUT2D eigenvalue weighted by Gasteiger charge is -2.33. The fourth-order valence-corrected chi connectivity index (χ4v) is 5.07. The van der Waals surface area contributed by atoms with Crippen LogP contribution in [0.3, 0.4) is 0 Å². The van der Waals surface area contributed by atoms with E-state index < -0.39 is 11.5 Å². The fourth-order valence-electron chi connectivity index (χ4n) is 4.64. The zero-order valence-electron chi connectivity index (χ0n) is 21.5. The predicted octanol–water partition coefficient (Wildman–Crippen LogP) is 5.38. The van der Waals surface area contributed by atoms with Gasteiger partial charge >= 0.3 is 0 Å². The second-order valence-electron chi connectivity index (χ2n) is 9.08. The molecule has 0 fully saturated rings. The summed E-state index contributed by atoms with van der Waals surface area (Å²) in [7, 11) is 1.62. The number of allylic oxidation sites excluding steroid dienone is 1. The van der Waals surface area contributed by atoms with Gasteiger partial charge in [-0.05, 0) is 64.4 Å². The zero-order valence-corrected chi connectivity index (χ0v) is 24.0. The maximum absolute atomic E-state index is 13.8. The second kappa shape index (κ2) is 11.9. The number of benzene rings is 1. The molecule has 1 aliphatic carbocycles. The van der Waals surface area contributed by atoms with Crippen LogP contribution in [0.2, 0.25) is 0 Å². The molecular weight excluding hydrogens is 519 g/mol.